The summed E-state index contributed by atoms with van der Waals surface area (Å²) < 4.78 is 0.866. The molecule has 1 amide bonds. The highest BCUT2D eigenvalue weighted by atomic mass is 16.6. The fourth-order valence-electron chi connectivity index (χ4n) is 2.20. The van der Waals surface area contributed by atoms with E-state index < -0.39 is 27.9 Å². The standard InChI is InChI=1S/C15H14N4O6/c1-9-3-5-12(19(24)25)15(10(9)2)16-13(20)8-17-7-11(18(22)23)4-6-14(17)21/h3-7H,8H2,1-2H3,(H,16,20). The summed E-state index contributed by atoms with van der Waals surface area (Å²) >= 11 is 0. The van der Waals surface area contributed by atoms with Gasteiger partial charge < -0.3 is 5.32 Å². The summed E-state index contributed by atoms with van der Waals surface area (Å²) in [6.07, 6.45) is 0.944. The first-order valence-electron chi connectivity index (χ1n) is 7.10. The van der Waals surface area contributed by atoms with Gasteiger partial charge in [0.25, 0.3) is 16.9 Å². The zero-order valence-electron chi connectivity index (χ0n) is 13.4. The van der Waals surface area contributed by atoms with Gasteiger partial charge in [0, 0.05) is 18.2 Å². The third-order valence-electron chi connectivity index (χ3n) is 3.67. The van der Waals surface area contributed by atoms with Crippen molar-refractivity contribution in [1.82, 2.24) is 4.57 Å². The third-order valence-corrected chi connectivity index (χ3v) is 3.67. The highest BCUT2D eigenvalue weighted by Gasteiger charge is 2.20. The molecule has 0 aliphatic rings. The van der Waals surface area contributed by atoms with Gasteiger partial charge in [-0.15, -0.1) is 0 Å². The maximum atomic E-state index is 12.2. The molecule has 1 aromatic heterocycles. The highest BCUT2D eigenvalue weighted by Crippen LogP contribution is 2.30. The SMILES string of the molecule is Cc1ccc([N+](=O)[O-])c(NC(=O)Cn2cc([N+](=O)[O-])ccc2=O)c1C. The molecule has 130 valence electrons. The molecule has 0 saturated heterocycles. The number of aryl methyl sites for hydroxylation is 1. The Morgan fingerprint density at radius 2 is 1.80 bits per heavy atom. The Kier molecular flexibility index (Phi) is 4.92. The lowest BCUT2D eigenvalue weighted by Crippen LogP contribution is -2.27. The minimum Gasteiger partial charge on any atom is -0.319 e. The van der Waals surface area contributed by atoms with Crippen LogP contribution in [-0.4, -0.2) is 20.3 Å². The summed E-state index contributed by atoms with van der Waals surface area (Å²) in [4.78, 5) is 44.5. The van der Waals surface area contributed by atoms with Crippen LogP contribution >= 0.6 is 0 Å². The average Bonchev–Trinajstić information content (AvgIpc) is 2.53. The second-order valence-corrected chi connectivity index (χ2v) is 5.32. The van der Waals surface area contributed by atoms with Crippen LogP contribution in [0.15, 0.2) is 35.3 Å². The van der Waals surface area contributed by atoms with Gasteiger partial charge in [0.05, 0.1) is 16.0 Å². The summed E-state index contributed by atoms with van der Waals surface area (Å²) in [7, 11) is 0. The number of rotatable bonds is 5. The number of hydrogen-bond acceptors (Lipinski definition) is 6. The zero-order chi connectivity index (χ0) is 18.7. The Morgan fingerprint density at radius 1 is 1.12 bits per heavy atom. The molecule has 1 N–H and O–H groups in total. The largest absolute Gasteiger partial charge is 0.319 e. The molecule has 0 aliphatic carbocycles. The predicted molar refractivity (Wildman–Crippen MR) is 88.6 cm³/mol. The van der Waals surface area contributed by atoms with Gasteiger partial charge in [-0.25, -0.2) is 0 Å². The van der Waals surface area contributed by atoms with Crippen LogP contribution in [0.2, 0.25) is 0 Å². The fourth-order valence-corrected chi connectivity index (χ4v) is 2.20. The minimum atomic E-state index is -0.709. The number of nitrogens with one attached hydrogen (secondary N) is 1. The second kappa shape index (κ2) is 6.91. The number of anilines is 1. The van der Waals surface area contributed by atoms with Gasteiger partial charge in [0.2, 0.25) is 5.91 Å². The summed E-state index contributed by atoms with van der Waals surface area (Å²) in [5, 5.41) is 24.3. The van der Waals surface area contributed by atoms with Crippen LogP contribution in [0.4, 0.5) is 17.1 Å². The van der Waals surface area contributed by atoms with Crippen LogP contribution in [0.5, 0.6) is 0 Å². The van der Waals surface area contributed by atoms with Gasteiger partial charge in [0.15, 0.2) is 0 Å². The predicted octanol–water partition coefficient (Wildman–Crippen LogP) is 1.92. The molecule has 1 heterocycles. The van der Waals surface area contributed by atoms with Crippen LogP contribution in [-0.2, 0) is 11.3 Å². The van der Waals surface area contributed by atoms with Crippen molar-refractivity contribution in [1.29, 1.82) is 0 Å². The number of nitro groups is 2. The molecule has 0 aliphatic heterocycles. The number of nitro benzene ring substituents is 1. The first-order valence-corrected chi connectivity index (χ1v) is 7.10. The van der Waals surface area contributed by atoms with Crippen LogP contribution < -0.4 is 10.9 Å². The van der Waals surface area contributed by atoms with Crippen molar-refractivity contribution < 1.29 is 14.6 Å². The molecule has 10 nitrogen and oxygen atoms in total. The molecule has 0 saturated carbocycles. The van der Waals surface area contributed by atoms with Gasteiger partial charge in [0.1, 0.15) is 12.2 Å². The van der Waals surface area contributed by atoms with Crippen molar-refractivity contribution >= 4 is 23.0 Å². The Hall–Kier alpha value is -3.56. The molecule has 1 aromatic carbocycles. The second-order valence-electron chi connectivity index (χ2n) is 5.32. The van der Waals surface area contributed by atoms with Crippen LogP contribution in [0.25, 0.3) is 0 Å². The van der Waals surface area contributed by atoms with E-state index in [1.807, 2.05) is 0 Å². The van der Waals surface area contributed by atoms with Crippen LogP contribution in [0, 0.1) is 34.1 Å². The lowest BCUT2D eigenvalue weighted by molar-refractivity contribution is -0.385. The van der Waals surface area contributed by atoms with Crippen LogP contribution in [0.1, 0.15) is 11.1 Å². The molecular formula is C15H14N4O6. The normalized spacial score (nSPS) is 10.3. The van der Waals surface area contributed by atoms with E-state index in [4.69, 9.17) is 0 Å². The van der Waals surface area contributed by atoms with E-state index in [9.17, 15) is 29.8 Å². The maximum Gasteiger partial charge on any atom is 0.293 e. The number of aromatic nitrogens is 1. The minimum absolute atomic E-state index is 0.0356. The van der Waals surface area contributed by atoms with Gasteiger partial charge in [-0.05, 0) is 25.0 Å². The lowest BCUT2D eigenvalue weighted by atomic mass is 10.1. The van der Waals surface area contributed by atoms with Crippen molar-refractivity contribution in [3.05, 3.63) is 72.2 Å². The number of hydrogen-bond donors (Lipinski definition) is 1. The lowest BCUT2D eigenvalue weighted by Gasteiger charge is -2.11. The van der Waals surface area contributed by atoms with Gasteiger partial charge in [-0.2, -0.15) is 0 Å². The maximum absolute atomic E-state index is 12.2. The summed E-state index contributed by atoms with van der Waals surface area (Å²) in [5.41, 5.74) is 0.0833. The molecule has 0 atom stereocenters. The van der Waals surface area contributed by atoms with E-state index in [0.717, 1.165) is 28.5 Å². The summed E-state index contributed by atoms with van der Waals surface area (Å²) in [5.74, 6) is -0.709. The van der Waals surface area contributed by atoms with E-state index in [-0.39, 0.29) is 17.1 Å². The molecular weight excluding hydrogens is 332 g/mol. The topological polar surface area (TPSA) is 137 Å². The Morgan fingerprint density at radius 3 is 2.40 bits per heavy atom. The summed E-state index contributed by atoms with van der Waals surface area (Å²) in [6.45, 7) is 2.85. The molecule has 0 radical (unpaired) electrons. The highest BCUT2D eigenvalue weighted by molar-refractivity contribution is 5.94. The molecule has 0 unspecified atom stereocenters. The third kappa shape index (κ3) is 3.86. The summed E-state index contributed by atoms with van der Waals surface area (Å²) in [6, 6.07) is 4.85. The quantitative estimate of drug-likeness (QED) is 0.648. The van der Waals surface area contributed by atoms with Gasteiger partial charge in [-0.1, -0.05) is 6.07 Å². The average molecular weight is 346 g/mol. The number of amides is 1. The molecule has 0 bridgehead atoms. The van der Waals surface area contributed by atoms with Crippen molar-refractivity contribution in [2.45, 2.75) is 20.4 Å². The molecule has 2 aromatic rings. The van der Waals surface area contributed by atoms with Gasteiger partial charge in [-0.3, -0.25) is 34.4 Å². The Labute approximate surface area is 141 Å². The van der Waals surface area contributed by atoms with Crippen molar-refractivity contribution in [2.75, 3.05) is 5.32 Å². The number of nitrogens with zero attached hydrogens (tertiary/aromatic N) is 3. The Balaban J connectivity index is 2.32. The van der Waals surface area contributed by atoms with E-state index in [1.165, 1.54) is 6.07 Å². The molecule has 2 rings (SSSR count). The molecule has 0 spiro atoms. The monoisotopic (exact) mass is 346 g/mol. The zero-order valence-corrected chi connectivity index (χ0v) is 13.4. The molecule has 25 heavy (non-hydrogen) atoms. The van der Waals surface area contributed by atoms with E-state index in [1.54, 1.807) is 19.9 Å². The van der Waals surface area contributed by atoms with Crippen molar-refractivity contribution in [3.8, 4) is 0 Å². The smallest absolute Gasteiger partial charge is 0.293 e. The van der Waals surface area contributed by atoms with E-state index in [0.29, 0.717) is 5.56 Å². The molecule has 0 fully saturated rings. The Bertz CT molecular complexity index is 934. The number of carbonyl (C=O) groups excluding carboxylic acids is 1. The number of benzene rings is 1. The number of carbonyl (C=O) groups is 1. The van der Waals surface area contributed by atoms with Gasteiger partial charge >= 0.3 is 0 Å². The van der Waals surface area contributed by atoms with Crippen LogP contribution in [0.3, 0.4) is 0 Å². The van der Waals surface area contributed by atoms with Crippen molar-refractivity contribution in [2.24, 2.45) is 0 Å². The first kappa shape index (κ1) is 17.8. The first-order chi connectivity index (χ1) is 11.7. The van der Waals surface area contributed by atoms with E-state index >= 15 is 0 Å². The fraction of sp³-hybridized carbons (Fsp3) is 0.200. The van der Waals surface area contributed by atoms with E-state index in [2.05, 4.69) is 5.32 Å². The molecule has 10 heteroatoms. The van der Waals surface area contributed by atoms with Crippen molar-refractivity contribution in [3.63, 3.8) is 0 Å². The number of pyridine rings is 1.